The predicted octanol–water partition coefficient (Wildman–Crippen LogP) is 2.50. The van der Waals surface area contributed by atoms with Gasteiger partial charge in [0.1, 0.15) is 17.3 Å². The van der Waals surface area contributed by atoms with Crippen LogP contribution < -0.4 is 10.6 Å². The van der Waals surface area contributed by atoms with E-state index < -0.39 is 0 Å². The normalized spacial score (nSPS) is 14.2. The Kier molecular flexibility index (Phi) is 3.96. The van der Waals surface area contributed by atoms with Crippen molar-refractivity contribution in [1.29, 1.82) is 0 Å². The van der Waals surface area contributed by atoms with Crippen molar-refractivity contribution < 1.29 is 4.42 Å². The summed E-state index contributed by atoms with van der Waals surface area (Å²) in [6.45, 7) is 4.08. The Bertz CT molecular complexity index is 1180. The molecule has 4 heterocycles. The van der Waals surface area contributed by atoms with Crippen molar-refractivity contribution in [3.63, 3.8) is 0 Å². The van der Waals surface area contributed by atoms with E-state index in [0.29, 0.717) is 23.1 Å². The number of aromatic nitrogens is 5. The van der Waals surface area contributed by atoms with Gasteiger partial charge in [0.15, 0.2) is 0 Å². The standard InChI is InChI=1S/C20H20N6O2/c1-14-16(21-18(28-14)15-7-3-2-4-8-15)13-26-20(27)25-12-9-17(22-19(25)23-26)24-10-5-6-11-24/h2-4,7-9,12H,5-6,10-11,13H2,1H3. The van der Waals surface area contributed by atoms with Crippen LogP contribution in [0, 0.1) is 6.92 Å². The second-order valence-corrected chi connectivity index (χ2v) is 6.98. The third-order valence-electron chi connectivity index (χ3n) is 5.08. The van der Waals surface area contributed by atoms with Crippen molar-refractivity contribution in [3.05, 3.63) is 64.5 Å². The quantitative estimate of drug-likeness (QED) is 0.544. The summed E-state index contributed by atoms with van der Waals surface area (Å²) in [7, 11) is 0. The van der Waals surface area contributed by atoms with E-state index in [4.69, 9.17) is 4.42 Å². The van der Waals surface area contributed by atoms with E-state index >= 15 is 0 Å². The van der Waals surface area contributed by atoms with Crippen LogP contribution in [-0.4, -0.2) is 37.2 Å². The van der Waals surface area contributed by atoms with E-state index in [1.54, 1.807) is 6.20 Å². The number of fused-ring (bicyclic) bond motifs is 1. The van der Waals surface area contributed by atoms with Gasteiger partial charge in [-0.25, -0.2) is 18.9 Å². The number of anilines is 1. The van der Waals surface area contributed by atoms with Gasteiger partial charge in [0.2, 0.25) is 5.89 Å². The van der Waals surface area contributed by atoms with E-state index in [1.807, 2.05) is 43.3 Å². The lowest BCUT2D eigenvalue weighted by Gasteiger charge is -2.15. The molecule has 28 heavy (non-hydrogen) atoms. The fraction of sp³-hybridized carbons (Fsp3) is 0.300. The average Bonchev–Trinajstić information content (AvgIpc) is 3.44. The lowest BCUT2D eigenvalue weighted by atomic mass is 10.2. The molecule has 0 atom stereocenters. The number of nitrogens with zero attached hydrogens (tertiary/aromatic N) is 6. The summed E-state index contributed by atoms with van der Waals surface area (Å²) in [5, 5.41) is 4.41. The Hall–Kier alpha value is -3.42. The lowest BCUT2D eigenvalue weighted by molar-refractivity contribution is 0.535. The molecule has 142 valence electrons. The average molecular weight is 376 g/mol. The van der Waals surface area contributed by atoms with Gasteiger partial charge in [-0.15, -0.1) is 5.10 Å². The van der Waals surface area contributed by atoms with Gasteiger partial charge in [-0.2, -0.15) is 4.98 Å². The Morgan fingerprint density at radius 1 is 1.07 bits per heavy atom. The molecule has 3 aromatic heterocycles. The Morgan fingerprint density at radius 2 is 1.86 bits per heavy atom. The molecule has 0 bridgehead atoms. The highest BCUT2D eigenvalue weighted by atomic mass is 16.4. The third-order valence-corrected chi connectivity index (χ3v) is 5.08. The van der Waals surface area contributed by atoms with E-state index in [1.165, 1.54) is 21.9 Å². The van der Waals surface area contributed by atoms with Crippen molar-refractivity contribution in [2.45, 2.75) is 26.3 Å². The second-order valence-electron chi connectivity index (χ2n) is 6.98. The van der Waals surface area contributed by atoms with Gasteiger partial charge in [0.25, 0.3) is 5.78 Å². The molecule has 8 heteroatoms. The molecule has 1 aliphatic rings. The predicted molar refractivity (Wildman–Crippen MR) is 104 cm³/mol. The first-order chi connectivity index (χ1) is 13.7. The van der Waals surface area contributed by atoms with Crippen LogP contribution in [0.1, 0.15) is 24.3 Å². The molecule has 5 rings (SSSR count). The van der Waals surface area contributed by atoms with Crippen LogP contribution in [0.3, 0.4) is 0 Å². The minimum absolute atomic E-state index is 0.237. The van der Waals surface area contributed by atoms with Crippen molar-refractivity contribution in [3.8, 4) is 11.5 Å². The van der Waals surface area contributed by atoms with Gasteiger partial charge in [0.05, 0.1) is 6.54 Å². The first-order valence-electron chi connectivity index (χ1n) is 9.42. The van der Waals surface area contributed by atoms with Crippen LogP contribution in [0.15, 0.2) is 51.8 Å². The molecule has 1 saturated heterocycles. The molecule has 1 aromatic carbocycles. The molecule has 1 fully saturated rings. The van der Waals surface area contributed by atoms with E-state index in [2.05, 4.69) is 20.0 Å². The number of hydrogen-bond donors (Lipinski definition) is 0. The summed E-state index contributed by atoms with van der Waals surface area (Å²) in [5.74, 6) is 2.48. The van der Waals surface area contributed by atoms with Crippen molar-refractivity contribution in [2.75, 3.05) is 18.0 Å². The zero-order valence-electron chi connectivity index (χ0n) is 15.6. The van der Waals surface area contributed by atoms with Crippen molar-refractivity contribution in [2.24, 2.45) is 0 Å². The van der Waals surface area contributed by atoms with Crippen LogP contribution in [-0.2, 0) is 6.54 Å². The van der Waals surface area contributed by atoms with E-state index in [0.717, 1.165) is 24.5 Å². The molecule has 0 radical (unpaired) electrons. The third kappa shape index (κ3) is 2.87. The number of rotatable bonds is 4. The summed E-state index contributed by atoms with van der Waals surface area (Å²) in [6.07, 6.45) is 4.08. The topological polar surface area (TPSA) is 81.5 Å². The molecule has 0 N–H and O–H groups in total. The fourth-order valence-electron chi connectivity index (χ4n) is 3.54. The minimum Gasteiger partial charge on any atom is -0.441 e. The molecule has 1 aliphatic heterocycles. The highest BCUT2D eigenvalue weighted by Gasteiger charge is 2.18. The van der Waals surface area contributed by atoms with Gasteiger partial charge >= 0.3 is 5.69 Å². The van der Waals surface area contributed by atoms with Gasteiger partial charge in [0, 0.05) is 24.8 Å². The van der Waals surface area contributed by atoms with E-state index in [9.17, 15) is 4.79 Å². The Morgan fingerprint density at radius 3 is 2.64 bits per heavy atom. The maximum atomic E-state index is 12.7. The van der Waals surface area contributed by atoms with Crippen LogP contribution in [0.25, 0.3) is 17.2 Å². The molecule has 8 nitrogen and oxygen atoms in total. The SMILES string of the molecule is Cc1oc(-c2ccccc2)nc1Cn1nc2nc(N3CCCC3)ccn2c1=O. The number of benzene rings is 1. The molecule has 0 amide bonds. The summed E-state index contributed by atoms with van der Waals surface area (Å²) in [4.78, 5) is 24.1. The van der Waals surface area contributed by atoms with Crippen molar-refractivity contribution >= 4 is 11.6 Å². The highest BCUT2D eigenvalue weighted by molar-refractivity contribution is 5.53. The summed E-state index contributed by atoms with van der Waals surface area (Å²) in [5.41, 5.74) is 1.35. The first-order valence-corrected chi connectivity index (χ1v) is 9.42. The van der Waals surface area contributed by atoms with Crippen LogP contribution in [0.4, 0.5) is 5.82 Å². The van der Waals surface area contributed by atoms with Crippen LogP contribution in [0.5, 0.6) is 0 Å². The van der Waals surface area contributed by atoms with Gasteiger partial charge < -0.3 is 9.32 Å². The second kappa shape index (κ2) is 6.63. The fourth-order valence-corrected chi connectivity index (χ4v) is 3.54. The summed E-state index contributed by atoms with van der Waals surface area (Å²) < 4.78 is 8.64. The summed E-state index contributed by atoms with van der Waals surface area (Å²) >= 11 is 0. The number of oxazole rings is 1. The first kappa shape index (κ1) is 16.7. The molecular formula is C20H20N6O2. The van der Waals surface area contributed by atoms with Crippen molar-refractivity contribution in [1.82, 2.24) is 24.1 Å². The highest BCUT2D eigenvalue weighted by Crippen LogP contribution is 2.22. The lowest BCUT2D eigenvalue weighted by Crippen LogP contribution is -2.22. The van der Waals surface area contributed by atoms with E-state index in [-0.39, 0.29) is 12.2 Å². The number of hydrogen-bond acceptors (Lipinski definition) is 6. The van der Waals surface area contributed by atoms with Gasteiger partial charge in [-0.05, 0) is 38.0 Å². The molecule has 0 saturated carbocycles. The zero-order chi connectivity index (χ0) is 19.1. The Balaban J connectivity index is 1.47. The van der Waals surface area contributed by atoms with Gasteiger partial charge in [-0.3, -0.25) is 0 Å². The number of aryl methyl sites for hydroxylation is 1. The Labute approximate surface area is 161 Å². The maximum absolute atomic E-state index is 12.7. The smallest absolute Gasteiger partial charge is 0.351 e. The molecule has 0 spiro atoms. The summed E-state index contributed by atoms with van der Waals surface area (Å²) in [6, 6.07) is 11.6. The molecule has 0 unspecified atom stereocenters. The van der Waals surface area contributed by atoms with Crippen LogP contribution in [0.2, 0.25) is 0 Å². The van der Waals surface area contributed by atoms with Crippen LogP contribution >= 0.6 is 0 Å². The van der Waals surface area contributed by atoms with Gasteiger partial charge in [-0.1, -0.05) is 18.2 Å². The monoisotopic (exact) mass is 376 g/mol. The molecule has 0 aliphatic carbocycles. The zero-order valence-corrected chi connectivity index (χ0v) is 15.6. The molecular weight excluding hydrogens is 356 g/mol. The largest absolute Gasteiger partial charge is 0.441 e. The maximum Gasteiger partial charge on any atom is 0.351 e. The molecule has 4 aromatic rings. The minimum atomic E-state index is -0.237.